The summed E-state index contributed by atoms with van der Waals surface area (Å²) in [4.78, 5) is 0. The predicted molar refractivity (Wildman–Crippen MR) is 36.7 cm³/mol. The second-order valence-electron chi connectivity index (χ2n) is 1.85. The van der Waals surface area contributed by atoms with Crippen LogP contribution in [0.5, 0.6) is 5.75 Å². The maximum atomic E-state index is 8.93. The molecule has 3 heteroatoms. The predicted octanol–water partition coefficient (Wildman–Crippen LogP) is 2.15. The first-order valence-corrected chi connectivity index (χ1v) is 2.95. The Kier molecular flexibility index (Phi) is 4.50. The Hall–Kier alpha value is 0.414. The first-order valence-electron chi connectivity index (χ1n) is 2.57. The minimum atomic E-state index is 0. The van der Waals surface area contributed by atoms with E-state index in [4.69, 9.17) is 16.7 Å². The standard InChI is InChI=1S/C7H6ClO.Y/c1-5-4-6(8)2-3-7(5)9;/h2,4,9H,1H3;/q-1;. The molecule has 0 atom stereocenters. The number of aromatic hydroxyl groups is 1. The quantitative estimate of drug-likeness (QED) is 0.677. The summed E-state index contributed by atoms with van der Waals surface area (Å²) in [6, 6.07) is 5.81. The summed E-state index contributed by atoms with van der Waals surface area (Å²) < 4.78 is 0. The van der Waals surface area contributed by atoms with Crippen LogP contribution in [0.2, 0.25) is 5.02 Å². The Morgan fingerprint density at radius 3 is 2.60 bits per heavy atom. The molecule has 1 N–H and O–H groups in total. The normalized spacial score (nSPS) is 8.60. The molecule has 0 aromatic heterocycles. The number of hydrogen-bond acceptors (Lipinski definition) is 1. The van der Waals surface area contributed by atoms with Gasteiger partial charge in [0.15, 0.2) is 0 Å². The molecule has 0 bridgehead atoms. The molecule has 1 radical (unpaired) electrons. The van der Waals surface area contributed by atoms with Crippen LogP contribution >= 0.6 is 11.6 Å². The minimum absolute atomic E-state index is 0. The Labute approximate surface area is 90.3 Å². The molecule has 0 aliphatic heterocycles. The smallest absolute Gasteiger partial charge is 0.00693 e. The molecule has 1 rings (SSSR count). The first-order chi connectivity index (χ1) is 4.20. The summed E-state index contributed by atoms with van der Waals surface area (Å²) in [6.45, 7) is 1.78. The van der Waals surface area contributed by atoms with Gasteiger partial charge >= 0.3 is 0 Å². The maximum absolute atomic E-state index is 8.93. The number of rotatable bonds is 0. The average Bonchev–Trinajstić information content (AvgIpc) is 1.80. The zero-order chi connectivity index (χ0) is 6.85. The molecule has 0 aliphatic carbocycles. The van der Waals surface area contributed by atoms with E-state index < -0.39 is 0 Å². The van der Waals surface area contributed by atoms with Crippen LogP contribution in [0.15, 0.2) is 12.1 Å². The van der Waals surface area contributed by atoms with E-state index in [0.29, 0.717) is 5.02 Å². The van der Waals surface area contributed by atoms with Gasteiger partial charge in [-0.25, -0.2) is 0 Å². The Bertz CT molecular complexity index is 225. The summed E-state index contributed by atoms with van der Waals surface area (Å²) >= 11 is 5.57. The molecule has 0 fully saturated rings. The molecule has 0 aliphatic rings. The zero-order valence-electron chi connectivity index (χ0n) is 5.56. The molecule has 0 unspecified atom stereocenters. The Morgan fingerprint density at radius 1 is 1.60 bits per heavy atom. The number of phenols is 1. The van der Waals surface area contributed by atoms with Gasteiger partial charge < -0.3 is 5.11 Å². The van der Waals surface area contributed by atoms with Gasteiger partial charge in [-0.2, -0.15) is 17.7 Å². The average molecular weight is 230 g/mol. The summed E-state index contributed by atoms with van der Waals surface area (Å²) in [5.74, 6) is 0.166. The van der Waals surface area contributed by atoms with Crippen molar-refractivity contribution in [3.05, 3.63) is 28.8 Å². The van der Waals surface area contributed by atoms with Crippen molar-refractivity contribution in [2.75, 3.05) is 0 Å². The molecule has 0 amide bonds. The summed E-state index contributed by atoms with van der Waals surface area (Å²) in [5.41, 5.74) is 0.752. The number of aryl methyl sites for hydroxylation is 1. The van der Waals surface area contributed by atoms with E-state index in [-0.39, 0.29) is 38.5 Å². The van der Waals surface area contributed by atoms with Crippen molar-refractivity contribution in [1.29, 1.82) is 0 Å². The van der Waals surface area contributed by atoms with Crippen molar-refractivity contribution < 1.29 is 37.8 Å². The van der Waals surface area contributed by atoms with Gasteiger partial charge in [0.1, 0.15) is 0 Å². The number of phenolic OH excluding ortho intramolecular Hbond substituents is 1. The fourth-order valence-electron chi connectivity index (χ4n) is 0.568. The van der Waals surface area contributed by atoms with Gasteiger partial charge in [-0.1, -0.05) is 11.9 Å². The van der Waals surface area contributed by atoms with E-state index in [9.17, 15) is 0 Å². The first kappa shape index (κ1) is 10.4. The van der Waals surface area contributed by atoms with Gasteiger partial charge in [-0.15, -0.1) is 17.7 Å². The number of hydrogen-bond donors (Lipinski definition) is 1. The van der Waals surface area contributed by atoms with E-state index in [1.807, 2.05) is 0 Å². The van der Waals surface area contributed by atoms with Gasteiger partial charge in [-0.05, 0) is 0 Å². The molecular weight excluding hydrogens is 224 g/mol. The van der Waals surface area contributed by atoms with Gasteiger partial charge in [0.2, 0.25) is 0 Å². The van der Waals surface area contributed by atoms with Crippen molar-refractivity contribution in [1.82, 2.24) is 0 Å². The summed E-state index contributed by atoms with van der Waals surface area (Å²) in [5, 5.41) is 9.53. The molecule has 10 heavy (non-hydrogen) atoms. The van der Waals surface area contributed by atoms with Crippen molar-refractivity contribution in [3.63, 3.8) is 0 Å². The van der Waals surface area contributed by atoms with E-state index >= 15 is 0 Å². The van der Waals surface area contributed by atoms with Crippen molar-refractivity contribution in [2.45, 2.75) is 6.92 Å². The summed E-state index contributed by atoms with van der Waals surface area (Å²) in [7, 11) is 0. The molecule has 51 valence electrons. The zero-order valence-corrected chi connectivity index (χ0v) is 9.15. The van der Waals surface area contributed by atoms with Crippen molar-refractivity contribution >= 4 is 11.6 Å². The Morgan fingerprint density at radius 2 is 2.20 bits per heavy atom. The van der Waals surface area contributed by atoms with Crippen LogP contribution in [0, 0.1) is 13.0 Å². The van der Waals surface area contributed by atoms with E-state index in [1.165, 1.54) is 6.07 Å². The third-order valence-corrected chi connectivity index (χ3v) is 1.29. The molecular formula is C7H6ClOY-. The van der Waals surface area contributed by atoms with Crippen LogP contribution in [-0.4, -0.2) is 5.11 Å². The molecule has 1 aromatic rings. The molecule has 0 spiro atoms. The number of halogens is 1. The van der Waals surface area contributed by atoms with Crippen molar-refractivity contribution in [2.24, 2.45) is 0 Å². The largest absolute Gasteiger partial charge is 0.534 e. The second kappa shape index (κ2) is 4.32. The van der Waals surface area contributed by atoms with Crippen LogP contribution in [0.25, 0.3) is 0 Å². The topological polar surface area (TPSA) is 20.2 Å². The second-order valence-corrected chi connectivity index (χ2v) is 2.29. The van der Waals surface area contributed by atoms with Crippen LogP contribution in [-0.2, 0) is 32.7 Å². The third-order valence-electron chi connectivity index (χ3n) is 1.07. The SMILES string of the molecule is Cc1cc(Cl)c[c-]c1O.[Y]. The van der Waals surface area contributed by atoms with Crippen LogP contribution in [0.3, 0.4) is 0 Å². The molecule has 0 saturated carbocycles. The van der Waals surface area contributed by atoms with E-state index in [1.54, 1.807) is 13.0 Å². The Balaban J connectivity index is 0.000000810. The van der Waals surface area contributed by atoms with Gasteiger partial charge in [0.25, 0.3) is 0 Å². The van der Waals surface area contributed by atoms with E-state index in [2.05, 4.69) is 6.07 Å². The van der Waals surface area contributed by atoms with Crippen molar-refractivity contribution in [3.8, 4) is 5.75 Å². The monoisotopic (exact) mass is 230 g/mol. The van der Waals surface area contributed by atoms with Gasteiger partial charge in [0.05, 0.1) is 0 Å². The van der Waals surface area contributed by atoms with Gasteiger partial charge in [-0.3, -0.25) is 0 Å². The number of benzene rings is 1. The fourth-order valence-corrected chi connectivity index (χ4v) is 0.786. The van der Waals surface area contributed by atoms with Crippen LogP contribution < -0.4 is 0 Å². The maximum Gasteiger partial charge on any atom is 0.00693 e. The molecule has 1 aromatic carbocycles. The van der Waals surface area contributed by atoms with Gasteiger partial charge in [0, 0.05) is 38.5 Å². The summed E-state index contributed by atoms with van der Waals surface area (Å²) in [6.07, 6.45) is 0. The fraction of sp³-hybridized carbons (Fsp3) is 0.143. The molecule has 0 saturated heterocycles. The third kappa shape index (κ3) is 2.57. The minimum Gasteiger partial charge on any atom is -0.534 e. The van der Waals surface area contributed by atoms with Crippen LogP contribution in [0.4, 0.5) is 0 Å². The molecule has 0 heterocycles. The van der Waals surface area contributed by atoms with Crippen LogP contribution in [0.1, 0.15) is 5.56 Å². The van der Waals surface area contributed by atoms with E-state index in [0.717, 1.165) is 5.56 Å². The molecule has 1 nitrogen and oxygen atoms in total.